The molecule has 0 saturated heterocycles. The van der Waals surface area contributed by atoms with Gasteiger partial charge in [0, 0.05) is 12.4 Å². The number of aromatic nitrogens is 2. The molecule has 3 nitrogen and oxygen atoms in total. The zero-order valence-corrected chi connectivity index (χ0v) is 15.4. The Morgan fingerprint density at radius 3 is 2.50 bits per heavy atom. The van der Waals surface area contributed by atoms with E-state index in [0.717, 1.165) is 16.9 Å². The van der Waals surface area contributed by atoms with Gasteiger partial charge in [0.25, 0.3) is 0 Å². The summed E-state index contributed by atoms with van der Waals surface area (Å²) in [7, 11) is 0. The van der Waals surface area contributed by atoms with Gasteiger partial charge in [0.2, 0.25) is 0 Å². The molecule has 0 saturated carbocycles. The maximum atomic E-state index is 6.40. The molecule has 0 radical (unpaired) electrons. The minimum atomic E-state index is -0.0834. The van der Waals surface area contributed by atoms with Crippen molar-refractivity contribution >= 4 is 23.2 Å². The van der Waals surface area contributed by atoms with Crippen molar-refractivity contribution in [3.63, 3.8) is 0 Å². The third kappa shape index (κ3) is 3.89. The lowest BCUT2D eigenvalue weighted by Gasteiger charge is -2.21. The van der Waals surface area contributed by atoms with Crippen molar-refractivity contribution in [2.75, 3.05) is 0 Å². The van der Waals surface area contributed by atoms with E-state index >= 15 is 0 Å². The van der Waals surface area contributed by atoms with E-state index in [4.69, 9.17) is 4.74 Å². The molecular formula is C22H21ClN2O. The van der Waals surface area contributed by atoms with Gasteiger partial charge in [0.05, 0.1) is 12.9 Å². The van der Waals surface area contributed by atoms with Crippen LogP contribution in [0.2, 0.25) is 0 Å². The van der Waals surface area contributed by atoms with Crippen LogP contribution in [-0.2, 0) is 6.54 Å². The zero-order valence-electron chi connectivity index (χ0n) is 14.6. The predicted molar refractivity (Wildman–Crippen MR) is 108 cm³/mol. The van der Waals surface area contributed by atoms with Gasteiger partial charge in [-0.2, -0.15) is 0 Å². The molecule has 0 fully saturated rings. The first kappa shape index (κ1) is 18.0. The van der Waals surface area contributed by atoms with Crippen LogP contribution in [0.5, 0.6) is 5.75 Å². The molecule has 1 unspecified atom stereocenters. The van der Waals surface area contributed by atoms with E-state index in [0.29, 0.717) is 6.54 Å². The lowest BCUT2D eigenvalue weighted by Crippen LogP contribution is -2.15. The summed E-state index contributed by atoms with van der Waals surface area (Å²) in [5, 5.41) is 2.47. The monoisotopic (exact) mass is 364 g/mol. The average Bonchev–Trinajstić information content (AvgIpc) is 3.16. The number of nitrogens with zero attached hydrogens (tertiary/aromatic N) is 2. The molecule has 0 amide bonds. The molecule has 0 aliphatic rings. The lowest BCUT2D eigenvalue weighted by atomic mass is 10.0. The van der Waals surface area contributed by atoms with E-state index in [-0.39, 0.29) is 18.5 Å². The number of ether oxygens (including phenoxy) is 1. The predicted octanol–water partition coefficient (Wildman–Crippen LogP) is 5.59. The van der Waals surface area contributed by atoms with Crippen molar-refractivity contribution in [1.82, 2.24) is 9.55 Å². The van der Waals surface area contributed by atoms with Gasteiger partial charge in [0.15, 0.2) is 0 Å². The van der Waals surface area contributed by atoms with Crippen LogP contribution in [-0.4, -0.2) is 9.55 Å². The number of rotatable bonds is 5. The largest absolute Gasteiger partial charge is 0.484 e. The smallest absolute Gasteiger partial charge is 0.142 e. The summed E-state index contributed by atoms with van der Waals surface area (Å²) in [6.07, 6.45) is 5.51. The Kier molecular flexibility index (Phi) is 5.59. The van der Waals surface area contributed by atoms with E-state index in [1.807, 2.05) is 30.7 Å². The van der Waals surface area contributed by atoms with Crippen LogP contribution >= 0.6 is 12.4 Å². The minimum Gasteiger partial charge on any atom is -0.484 e. The second kappa shape index (κ2) is 8.07. The Morgan fingerprint density at radius 2 is 1.73 bits per heavy atom. The minimum absolute atomic E-state index is 0. The highest BCUT2D eigenvalue weighted by Gasteiger charge is 2.16. The third-order valence-corrected chi connectivity index (χ3v) is 4.44. The number of fused-ring (bicyclic) bond motifs is 1. The number of halogens is 1. The molecule has 1 atom stereocenters. The van der Waals surface area contributed by atoms with Crippen LogP contribution in [0.4, 0.5) is 0 Å². The normalized spacial score (nSPS) is 11.7. The van der Waals surface area contributed by atoms with Crippen molar-refractivity contribution in [2.24, 2.45) is 0 Å². The molecule has 0 aliphatic heterocycles. The molecule has 1 heterocycles. The highest BCUT2D eigenvalue weighted by Crippen LogP contribution is 2.28. The molecule has 4 heteroatoms. The van der Waals surface area contributed by atoms with E-state index in [1.54, 1.807) is 6.20 Å². The van der Waals surface area contributed by atoms with Gasteiger partial charge in [0.1, 0.15) is 11.9 Å². The van der Waals surface area contributed by atoms with Gasteiger partial charge in [-0.1, -0.05) is 54.6 Å². The van der Waals surface area contributed by atoms with Gasteiger partial charge < -0.3 is 9.30 Å². The van der Waals surface area contributed by atoms with Gasteiger partial charge in [-0.15, -0.1) is 12.4 Å². The van der Waals surface area contributed by atoms with E-state index < -0.39 is 0 Å². The van der Waals surface area contributed by atoms with E-state index in [9.17, 15) is 0 Å². The number of imidazole rings is 1. The van der Waals surface area contributed by atoms with Crippen molar-refractivity contribution in [2.45, 2.75) is 19.6 Å². The number of hydrogen-bond donors (Lipinski definition) is 0. The molecule has 0 aliphatic carbocycles. The first-order valence-electron chi connectivity index (χ1n) is 8.46. The van der Waals surface area contributed by atoms with Crippen LogP contribution in [0.25, 0.3) is 10.8 Å². The summed E-state index contributed by atoms with van der Waals surface area (Å²) in [6.45, 7) is 2.79. The fourth-order valence-corrected chi connectivity index (χ4v) is 3.05. The molecule has 1 aromatic heterocycles. The Labute approximate surface area is 159 Å². The lowest BCUT2D eigenvalue weighted by molar-refractivity contribution is 0.182. The summed E-state index contributed by atoms with van der Waals surface area (Å²) in [4.78, 5) is 4.15. The fourth-order valence-electron chi connectivity index (χ4n) is 3.05. The second-order valence-corrected chi connectivity index (χ2v) is 6.24. The van der Waals surface area contributed by atoms with Crippen LogP contribution < -0.4 is 4.74 Å². The van der Waals surface area contributed by atoms with Crippen molar-refractivity contribution in [1.29, 1.82) is 0 Å². The SMILES string of the molecule is Cc1ccccc1OC(Cn1ccnc1)c1ccc2ccccc2c1.Cl. The van der Waals surface area contributed by atoms with E-state index in [2.05, 4.69) is 65.0 Å². The summed E-state index contributed by atoms with van der Waals surface area (Å²) in [6, 6.07) is 23.1. The quantitative estimate of drug-likeness (QED) is 0.461. The van der Waals surface area contributed by atoms with Crippen molar-refractivity contribution < 1.29 is 4.74 Å². The molecule has 0 bridgehead atoms. The molecule has 26 heavy (non-hydrogen) atoms. The Morgan fingerprint density at radius 1 is 0.962 bits per heavy atom. The molecule has 0 N–H and O–H groups in total. The third-order valence-electron chi connectivity index (χ3n) is 4.44. The first-order valence-corrected chi connectivity index (χ1v) is 8.46. The maximum absolute atomic E-state index is 6.40. The first-order chi connectivity index (χ1) is 12.3. The summed E-state index contributed by atoms with van der Waals surface area (Å²) >= 11 is 0. The number of aryl methyl sites for hydroxylation is 1. The Hall–Kier alpha value is -2.78. The fraction of sp³-hybridized carbons (Fsp3) is 0.136. The standard InChI is InChI=1S/C22H20N2O.ClH/c1-17-6-2-5-9-21(17)25-22(15-24-13-12-23-16-24)20-11-10-18-7-3-4-8-19(18)14-20;/h2-14,16,22H,15H2,1H3;1H. The highest BCUT2D eigenvalue weighted by molar-refractivity contribution is 5.85. The maximum Gasteiger partial charge on any atom is 0.142 e. The van der Waals surface area contributed by atoms with Crippen molar-refractivity contribution in [3.8, 4) is 5.75 Å². The summed E-state index contributed by atoms with van der Waals surface area (Å²) in [5.41, 5.74) is 2.30. The van der Waals surface area contributed by atoms with Crippen molar-refractivity contribution in [3.05, 3.63) is 96.6 Å². The van der Waals surface area contributed by atoms with Crippen LogP contribution in [0.3, 0.4) is 0 Å². The summed E-state index contributed by atoms with van der Waals surface area (Å²) in [5.74, 6) is 0.917. The number of benzene rings is 3. The van der Waals surface area contributed by atoms with Gasteiger partial charge in [-0.25, -0.2) is 4.98 Å². The van der Waals surface area contributed by atoms with Crippen LogP contribution in [0.15, 0.2) is 85.5 Å². The topological polar surface area (TPSA) is 27.1 Å². The average molecular weight is 365 g/mol. The van der Waals surface area contributed by atoms with Crippen LogP contribution in [0, 0.1) is 6.92 Å². The van der Waals surface area contributed by atoms with Gasteiger partial charge >= 0.3 is 0 Å². The van der Waals surface area contributed by atoms with Crippen LogP contribution in [0.1, 0.15) is 17.2 Å². The van der Waals surface area contributed by atoms with Gasteiger partial charge in [-0.05, 0) is 41.0 Å². The number of para-hydroxylation sites is 1. The molecule has 4 rings (SSSR count). The van der Waals surface area contributed by atoms with Gasteiger partial charge in [-0.3, -0.25) is 0 Å². The summed E-state index contributed by atoms with van der Waals surface area (Å²) < 4.78 is 8.46. The molecular weight excluding hydrogens is 344 g/mol. The molecule has 0 spiro atoms. The van der Waals surface area contributed by atoms with E-state index in [1.165, 1.54) is 10.8 Å². The molecule has 4 aromatic rings. The second-order valence-electron chi connectivity index (χ2n) is 6.24. The Balaban J connectivity index is 0.00000196. The molecule has 132 valence electrons. The zero-order chi connectivity index (χ0) is 17.1. The molecule has 3 aromatic carbocycles. The Bertz CT molecular complexity index is 982. The number of hydrogen-bond acceptors (Lipinski definition) is 2. The highest BCUT2D eigenvalue weighted by atomic mass is 35.5.